The van der Waals surface area contributed by atoms with E-state index >= 15 is 0 Å². The lowest BCUT2D eigenvalue weighted by molar-refractivity contribution is 0.796. The van der Waals surface area contributed by atoms with E-state index in [0.717, 1.165) is 13.0 Å². The standard InChI is InChI=1S/C10H18N2/c1-5-9(2)10(8-12-4)6-7-11-3/h5,8,11H,1,6-7H2,2-4H3/b10-9-,12-8?. The molecule has 2 heteroatoms. The molecule has 0 fully saturated rings. The van der Waals surface area contributed by atoms with Crippen molar-refractivity contribution in [3.05, 3.63) is 23.8 Å². The molecule has 0 aliphatic carbocycles. The lowest BCUT2D eigenvalue weighted by atomic mass is 10.1. The predicted molar refractivity (Wildman–Crippen MR) is 55.9 cm³/mol. The van der Waals surface area contributed by atoms with Gasteiger partial charge in [0.1, 0.15) is 0 Å². The number of rotatable bonds is 5. The zero-order chi connectivity index (χ0) is 9.40. The van der Waals surface area contributed by atoms with Crippen molar-refractivity contribution in [2.45, 2.75) is 13.3 Å². The monoisotopic (exact) mass is 166 g/mol. The number of allylic oxidation sites excluding steroid dienone is 2. The summed E-state index contributed by atoms with van der Waals surface area (Å²) >= 11 is 0. The van der Waals surface area contributed by atoms with Crippen LogP contribution >= 0.6 is 0 Å². The Morgan fingerprint density at radius 3 is 2.67 bits per heavy atom. The van der Waals surface area contributed by atoms with Gasteiger partial charge in [0.05, 0.1) is 0 Å². The Morgan fingerprint density at radius 2 is 2.25 bits per heavy atom. The molecular formula is C10H18N2. The van der Waals surface area contributed by atoms with E-state index in [2.05, 4.69) is 23.8 Å². The Morgan fingerprint density at radius 1 is 1.58 bits per heavy atom. The molecule has 0 aliphatic heterocycles. The van der Waals surface area contributed by atoms with E-state index in [0.29, 0.717) is 0 Å². The molecule has 0 unspecified atom stereocenters. The van der Waals surface area contributed by atoms with Crippen LogP contribution in [0.4, 0.5) is 0 Å². The Hall–Kier alpha value is -0.890. The zero-order valence-corrected chi connectivity index (χ0v) is 8.22. The Balaban J connectivity index is 4.31. The van der Waals surface area contributed by atoms with Crippen LogP contribution in [0.25, 0.3) is 0 Å². The van der Waals surface area contributed by atoms with Gasteiger partial charge < -0.3 is 5.32 Å². The van der Waals surface area contributed by atoms with Crippen molar-refractivity contribution in [1.82, 2.24) is 5.32 Å². The molecule has 0 rings (SSSR count). The van der Waals surface area contributed by atoms with Gasteiger partial charge in [-0.15, -0.1) is 0 Å². The average Bonchev–Trinajstić information content (AvgIpc) is 2.11. The van der Waals surface area contributed by atoms with E-state index in [1.54, 1.807) is 7.05 Å². The fraction of sp³-hybridized carbons (Fsp3) is 0.500. The molecule has 12 heavy (non-hydrogen) atoms. The Labute approximate surface area is 75.1 Å². The van der Waals surface area contributed by atoms with Crippen LogP contribution in [0.15, 0.2) is 28.8 Å². The van der Waals surface area contributed by atoms with Gasteiger partial charge in [-0.05, 0) is 38.1 Å². The second kappa shape index (κ2) is 6.80. The summed E-state index contributed by atoms with van der Waals surface area (Å²) in [6, 6.07) is 0. The van der Waals surface area contributed by atoms with Crippen LogP contribution < -0.4 is 5.32 Å². The minimum Gasteiger partial charge on any atom is -0.319 e. The smallest absolute Gasteiger partial charge is 0.0277 e. The summed E-state index contributed by atoms with van der Waals surface area (Å²) in [5.74, 6) is 0. The second-order valence-corrected chi connectivity index (χ2v) is 2.65. The molecule has 0 bridgehead atoms. The summed E-state index contributed by atoms with van der Waals surface area (Å²) in [4.78, 5) is 4.00. The van der Waals surface area contributed by atoms with Crippen LogP contribution in [0.2, 0.25) is 0 Å². The molecule has 0 radical (unpaired) electrons. The van der Waals surface area contributed by atoms with Crippen LogP contribution in [0, 0.1) is 0 Å². The number of nitrogens with one attached hydrogen (secondary N) is 1. The third-order valence-electron chi connectivity index (χ3n) is 1.74. The molecule has 0 saturated carbocycles. The van der Waals surface area contributed by atoms with Crippen molar-refractivity contribution >= 4 is 6.21 Å². The number of hydrogen-bond acceptors (Lipinski definition) is 2. The van der Waals surface area contributed by atoms with Crippen LogP contribution in [0.1, 0.15) is 13.3 Å². The largest absolute Gasteiger partial charge is 0.319 e. The highest BCUT2D eigenvalue weighted by Gasteiger charge is 1.95. The molecule has 0 amide bonds. The Kier molecular flexibility index (Phi) is 6.29. The maximum absolute atomic E-state index is 4.00. The van der Waals surface area contributed by atoms with Crippen molar-refractivity contribution in [1.29, 1.82) is 0 Å². The predicted octanol–water partition coefficient (Wildman–Crippen LogP) is 1.80. The average molecular weight is 166 g/mol. The fourth-order valence-electron chi connectivity index (χ4n) is 0.910. The third-order valence-corrected chi connectivity index (χ3v) is 1.74. The van der Waals surface area contributed by atoms with Gasteiger partial charge in [0.15, 0.2) is 0 Å². The lowest BCUT2D eigenvalue weighted by Crippen LogP contribution is -2.09. The first-order valence-corrected chi connectivity index (χ1v) is 4.15. The molecule has 1 N–H and O–H groups in total. The SMILES string of the molecule is C=C/C(C)=C(\C=NC)CCNC. The van der Waals surface area contributed by atoms with Crippen LogP contribution in [-0.2, 0) is 0 Å². The number of nitrogens with zero attached hydrogens (tertiary/aromatic N) is 1. The van der Waals surface area contributed by atoms with E-state index in [1.165, 1.54) is 11.1 Å². The summed E-state index contributed by atoms with van der Waals surface area (Å²) in [5, 5.41) is 3.11. The highest BCUT2D eigenvalue weighted by atomic mass is 14.8. The van der Waals surface area contributed by atoms with Gasteiger partial charge in [-0.2, -0.15) is 0 Å². The van der Waals surface area contributed by atoms with Gasteiger partial charge in [-0.1, -0.05) is 12.7 Å². The van der Waals surface area contributed by atoms with E-state index in [9.17, 15) is 0 Å². The molecule has 0 atom stereocenters. The van der Waals surface area contributed by atoms with E-state index < -0.39 is 0 Å². The van der Waals surface area contributed by atoms with Crippen molar-refractivity contribution in [3.8, 4) is 0 Å². The van der Waals surface area contributed by atoms with Gasteiger partial charge in [-0.25, -0.2) is 0 Å². The normalized spacial score (nSPS) is 13.2. The topological polar surface area (TPSA) is 24.4 Å². The first-order chi connectivity index (χ1) is 5.76. The first kappa shape index (κ1) is 11.1. The fourth-order valence-corrected chi connectivity index (χ4v) is 0.910. The minimum atomic E-state index is 0.979. The summed E-state index contributed by atoms with van der Waals surface area (Å²) in [6.45, 7) is 6.77. The van der Waals surface area contributed by atoms with Gasteiger partial charge in [0, 0.05) is 13.3 Å². The maximum Gasteiger partial charge on any atom is 0.0277 e. The Bertz CT molecular complexity index is 190. The number of aliphatic imine (C=N–C) groups is 1. The van der Waals surface area contributed by atoms with Crippen LogP contribution in [0.5, 0.6) is 0 Å². The molecular weight excluding hydrogens is 148 g/mol. The quantitative estimate of drug-likeness (QED) is 0.489. The maximum atomic E-state index is 4.00. The molecule has 2 nitrogen and oxygen atoms in total. The van der Waals surface area contributed by atoms with Gasteiger partial charge in [0.25, 0.3) is 0 Å². The molecule has 0 heterocycles. The molecule has 0 aromatic rings. The molecule has 0 aromatic carbocycles. The van der Waals surface area contributed by atoms with E-state index in [4.69, 9.17) is 0 Å². The van der Waals surface area contributed by atoms with E-state index in [-0.39, 0.29) is 0 Å². The summed E-state index contributed by atoms with van der Waals surface area (Å²) < 4.78 is 0. The second-order valence-electron chi connectivity index (χ2n) is 2.65. The van der Waals surface area contributed by atoms with Crippen molar-refractivity contribution in [2.24, 2.45) is 4.99 Å². The van der Waals surface area contributed by atoms with Crippen LogP contribution in [0.3, 0.4) is 0 Å². The minimum absolute atomic E-state index is 0.979. The first-order valence-electron chi connectivity index (χ1n) is 4.15. The van der Waals surface area contributed by atoms with Crippen molar-refractivity contribution in [3.63, 3.8) is 0 Å². The van der Waals surface area contributed by atoms with Crippen LogP contribution in [-0.4, -0.2) is 26.9 Å². The molecule has 0 aliphatic rings. The van der Waals surface area contributed by atoms with Crippen molar-refractivity contribution in [2.75, 3.05) is 20.6 Å². The molecule has 0 spiro atoms. The molecule has 0 aromatic heterocycles. The number of hydrogen-bond donors (Lipinski definition) is 1. The summed E-state index contributed by atoms with van der Waals surface area (Å²) in [5.41, 5.74) is 2.46. The zero-order valence-electron chi connectivity index (χ0n) is 8.22. The summed E-state index contributed by atoms with van der Waals surface area (Å²) in [6.07, 6.45) is 4.77. The van der Waals surface area contributed by atoms with Gasteiger partial charge in [-0.3, -0.25) is 4.99 Å². The van der Waals surface area contributed by atoms with E-state index in [1.807, 2.05) is 19.3 Å². The summed E-state index contributed by atoms with van der Waals surface area (Å²) in [7, 11) is 3.74. The lowest BCUT2D eigenvalue weighted by Gasteiger charge is -2.03. The highest BCUT2D eigenvalue weighted by molar-refractivity contribution is 5.80. The molecule has 0 saturated heterocycles. The molecule has 68 valence electrons. The third kappa shape index (κ3) is 4.09. The highest BCUT2D eigenvalue weighted by Crippen LogP contribution is 2.06. The van der Waals surface area contributed by atoms with Gasteiger partial charge in [0.2, 0.25) is 0 Å². The van der Waals surface area contributed by atoms with Crippen molar-refractivity contribution < 1.29 is 0 Å². The van der Waals surface area contributed by atoms with Gasteiger partial charge >= 0.3 is 0 Å².